The van der Waals surface area contributed by atoms with E-state index in [4.69, 9.17) is 10.7 Å². The van der Waals surface area contributed by atoms with Gasteiger partial charge in [0, 0.05) is 12.1 Å². The number of hydrogen-bond donors (Lipinski definition) is 1. The molecule has 1 unspecified atom stereocenters. The molecule has 1 amide bonds. The molecular formula is C15H20N4O. The normalized spacial score (nSPS) is 19.8. The number of nitrogens with two attached hydrogens (primary N) is 1. The molecule has 1 atom stereocenters. The van der Waals surface area contributed by atoms with Crippen LogP contribution in [0.15, 0.2) is 18.2 Å². The molecule has 0 spiro atoms. The lowest BCUT2D eigenvalue weighted by Gasteiger charge is -2.19. The first-order valence-electron chi connectivity index (χ1n) is 7.12. The van der Waals surface area contributed by atoms with Gasteiger partial charge in [-0.3, -0.25) is 9.69 Å². The Labute approximate surface area is 118 Å². The van der Waals surface area contributed by atoms with Crippen LogP contribution in [-0.2, 0) is 6.54 Å². The standard InChI is InChI=1S/C15H20N4O/c1-3-19-13-9-10(14(16)20)6-7-11(13)17-15(19)12-5-4-8-18(12)2/h6-7,9,12H,3-5,8H2,1-2H3,(H2,16,20). The van der Waals surface area contributed by atoms with Gasteiger partial charge in [0.1, 0.15) is 5.82 Å². The lowest BCUT2D eigenvalue weighted by molar-refractivity contribution is 0.100. The summed E-state index contributed by atoms with van der Waals surface area (Å²) in [6.45, 7) is 4.07. The van der Waals surface area contributed by atoms with Crippen molar-refractivity contribution in [3.05, 3.63) is 29.6 Å². The number of imidazole rings is 1. The second-order valence-corrected chi connectivity index (χ2v) is 5.42. The number of benzene rings is 1. The molecule has 1 aromatic heterocycles. The Morgan fingerprint density at radius 1 is 1.50 bits per heavy atom. The molecule has 0 saturated carbocycles. The molecule has 0 radical (unpaired) electrons. The maximum Gasteiger partial charge on any atom is 0.248 e. The molecule has 106 valence electrons. The van der Waals surface area contributed by atoms with E-state index in [1.807, 2.05) is 12.1 Å². The lowest BCUT2D eigenvalue weighted by atomic mass is 10.2. The van der Waals surface area contributed by atoms with E-state index >= 15 is 0 Å². The van der Waals surface area contributed by atoms with Gasteiger partial charge in [-0.05, 0) is 51.6 Å². The zero-order chi connectivity index (χ0) is 14.3. The summed E-state index contributed by atoms with van der Waals surface area (Å²) in [6.07, 6.45) is 2.35. The van der Waals surface area contributed by atoms with Crippen molar-refractivity contribution in [2.75, 3.05) is 13.6 Å². The number of aryl methyl sites for hydroxylation is 1. The average molecular weight is 272 g/mol. The van der Waals surface area contributed by atoms with Gasteiger partial charge in [-0.15, -0.1) is 0 Å². The molecule has 0 aliphatic carbocycles. The second kappa shape index (κ2) is 4.90. The summed E-state index contributed by atoms with van der Waals surface area (Å²) in [5.74, 6) is 0.708. The third-order valence-electron chi connectivity index (χ3n) is 4.20. The van der Waals surface area contributed by atoms with Crippen LogP contribution in [0.2, 0.25) is 0 Å². The van der Waals surface area contributed by atoms with E-state index in [2.05, 4.69) is 23.4 Å². The highest BCUT2D eigenvalue weighted by Crippen LogP contribution is 2.32. The summed E-state index contributed by atoms with van der Waals surface area (Å²) < 4.78 is 2.20. The molecule has 5 nitrogen and oxygen atoms in total. The summed E-state index contributed by atoms with van der Waals surface area (Å²) >= 11 is 0. The zero-order valence-electron chi connectivity index (χ0n) is 12.0. The summed E-state index contributed by atoms with van der Waals surface area (Å²) in [4.78, 5) is 18.5. The molecule has 2 heterocycles. The Morgan fingerprint density at radius 2 is 2.30 bits per heavy atom. The summed E-state index contributed by atoms with van der Waals surface area (Å²) in [5.41, 5.74) is 7.85. The number of likely N-dealkylation sites (tertiary alicyclic amines) is 1. The van der Waals surface area contributed by atoms with Crippen molar-refractivity contribution < 1.29 is 4.79 Å². The molecule has 3 rings (SSSR count). The average Bonchev–Trinajstić information content (AvgIpc) is 3.00. The SMILES string of the molecule is CCn1c(C2CCCN2C)nc2ccc(C(N)=O)cc21. The fraction of sp³-hybridized carbons (Fsp3) is 0.467. The van der Waals surface area contributed by atoms with Crippen molar-refractivity contribution in [1.82, 2.24) is 14.5 Å². The number of carbonyl (C=O) groups excluding carboxylic acids is 1. The van der Waals surface area contributed by atoms with Crippen molar-refractivity contribution in [3.8, 4) is 0 Å². The summed E-state index contributed by atoms with van der Waals surface area (Å²) in [7, 11) is 2.14. The van der Waals surface area contributed by atoms with Gasteiger partial charge in [-0.1, -0.05) is 0 Å². The minimum Gasteiger partial charge on any atom is -0.366 e. The van der Waals surface area contributed by atoms with Crippen LogP contribution in [0.3, 0.4) is 0 Å². The molecule has 2 aromatic rings. The summed E-state index contributed by atoms with van der Waals surface area (Å²) in [5, 5.41) is 0. The van der Waals surface area contributed by atoms with Gasteiger partial charge in [0.15, 0.2) is 0 Å². The molecule has 1 aliphatic rings. The van der Waals surface area contributed by atoms with E-state index in [-0.39, 0.29) is 0 Å². The molecular weight excluding hydrogens is 252 g/mol. The second-order valence-electron chi connectivity index (χ2n) is 5.42. The Hall–Kier alpha value is -1.88. The number of amides is 1. The van der Waals surface area contributed by atoms with E-state index in [1.165, 1.54) is 6.42 Å². The van der Waals surface area contributed by atoms with Gasteiger partial charge < -0.3 is 10.3 Å². The van der Waals surface area contributed by atoms with Gasteiger partial charge in [-0.2, -0.15) is 0 Å². The molecule has 1 saturated heterocycles. The van der Waals surface area contributed by atoms with Crippen molar-refractivity contribution >= 4 is 16.9 Å². The van der Waals surface area contributed by atoms with Crippen molar-refractivity contribution in [2.24, 2.45) is 5.73 Å². The number of rotatable bonds is 3. The largest absolute Gasteiger partial charge is 0.366 e. The van der Waals surface area contributed by atoms with E-state index in [0.717, 1.165) is 36.4 Å². The summed E-state index contributed by atoms with van der Waals surface area (Å²) in [6, 6.07) is 5.87. The Morgan fingerprint density at radius 3 is 2.90 bits per heavy atom. The van der Waals surface area contributed by atoms with Crippen LogP contribution >= 0.6 is 0 Å². The van der Waals surface area contributed by atoms with Crippen molar-refractivity contribution in [3.63, 3.8) is 0 Å². The van der Waals surface area contributed by atoms with Crippen LogP contribution in [0.4, 0.5) is 0 Å². The first-order valence-corrected chi connectivity index (χ1v) is 7.12. The third kappa shape index (κ3) is 1.98. The molecule has 5 heteroatoms. The van der Waals surface area contributed by atoms with E-state index in [0.29, 0.717) is 11.6 Å². The first kappa shape index (κ1) is 13.1. The van der Waals surface area contributed by atoms with Crippen LogP contribution in [0.1, 0.15) is 42.0 Å². The van der Waals surface area contributed by atoms with Crippen LogP contribution < -0.4 is 5.73 Å². The number of hydrogen-bond acceptors (Lipinski definition) is 3. The number of nitrogens with zero attached hydrogens (tertiary/aromatic N) is 3. The number of fused-ring (bicyclic) bond motifs is 1. The minimum absolute atomic E-state index is 0.374. The topological polar surface area (TPSA) is 64.2 Å². The monoisotopic (exact) mass is 272 g/mol. The molecule has 1 fully saturated rings. The highest BCUT2D eigenvalue weighted by molar-refractivity contribution is 5.96. The van der Waals surface area contributed by atoms with Crippen molar-refractivity contribution in [2.45, 2.75) is 32.4 Å². The zero-order valence-corrected chi connectivity index (χ0v) is 12.0. The van der Waals surface area contributed by atoms with Crippen LogP contribution in [0.5, 0.6) is 0 Å². The van der Waals surface area contributed by atoms with Gasteiger partial charge >= 0.3 is 0 Å². The maximum absolute atomic E-state index is 11.3. The molecule has 0 bridgehead atoms. The third-order valence-corrected chi connectivity index (χ3v) is 4.20. The van der Waals surface area contributed by atoms with E-state index in [1.54, 1.807) is 6.07 Å². The Balaban J connectivity index is 2.16. The molecule has 20 heavy (non-hydrogen) atoms. The van der Waals surface area contributed by atoms with Gasteiger partial charge in [0.05, 0.1) is 17.1 Å². The number of primary amides is 1. The quantitative estimate of drug-likeness (QED) is 0.928. The number of aromatic nitrogens is 2. The smallest absolute Gasteiger partial charge is 0.248 e. The predicted octanol–water partition coefficient (Wildman–Crippen LogP) is 1.92. The van der Waals surface area contributed by atoms with Crippen LogP contribution in [0.25, 0.3) is 11.0 Å². The predicted molar refractivity (Wildman–Crippen MR) is 78.5 cm³/mol. The van der Waals surface area contributed by atoms with Crippen LogP contribution in [-0.4, -0.2) is 34.0 Å². The van der Waals surface area contributed by atoms with Gasteiger partial charge in [-0.25, -0.2) is 4.98 Å². The maximum atomic E-state index is 11.3. The van der Waals surface area contributed by atoms with Crippen LogP contribution in [0, 0.1) is 0 Å². The Bertz CT molecular complexity index is 661. The molecule has 2 N–H and O–H groups in total. The first-order chi connectivity index (χ1) is 9.61. The van der Waals surface area contributed by atoms with E-state index in [9.17, 15) is 4.79 Å². The highest BCUT2D eigenvalue weighted by atomic mass is 16.1. The Kier molecular flexibility index (Phi) is 3.22. The van der Waals surface area contributed by atoms with Gasteiger partial charge in [0.2, 0.25) is 5.91 Å². The highest BCUT2D eigenvalue weighted by Gasteiger charge is 2.27. The van der Waals surface area contributed by atoms with Crippen molar-refractivity contribution in [1.29, 1.82) is 0 Å². The number of carbonyl (C=O) groups is 1. The fourth-order valence-electron chi connectivity index (χ4n) is 3.12. The molecule has 1 aliphatic heterocycles. The van der Waals surface area contributed by atoms with Gasteiger partial charge in [0.25, 0.3) is 0 Å². The van der Waals surface area contributed by atoms with E-state index < -0.39 is 5.91 Å². The lowest BCUT2D eigenvalue weighted by Crippen LogP contribution is -2.21. The molecule has 1 aromatic carbocycles. The fourth-order valence-corrected chi connectivity index (χ4v) is 3.12. The minimum atomic E-state index is -0.393.